The molecule has 3 aromatic rings. The zero-order valence-corrected chi connectivity index (χ0v) is 12.7. The van der Waals surface area contributed by atoms with Crippen molar-refractivity contribution in [1.82, 2.24) is 15.2 Å². The third-order valence-electron chi connectivity index (χ3n) is 3.50. The van der Waals surface area contributed by atoms with Crippen molar-refractivity contribution in [1.29, 1.82) is 0 Å². The third kappa shape index (κ3) is 2.39. The zero-order chi connectivity index (χ0) is 14.1. The summed E-state index contributed by atoms with van der Waals surface area (Å²) in [5, 5.41) is 8.70. The third-order valence-corrected chi connectivity index (χ3v) is 4.60. The van der Waals surface area contributed by atoms with Crippen molar-refractivity contribution >= 4 is 11.3 Å². The molecule has 0 radical (unpaired) electrons. The van der Waals surface area contributed by atoms with Gasteiger partial charge in [0.1, 0.15) is 5.69 Å². The Bertz CT molecular complexity index is 712. The second-order valence-corrected chi connectivity index (χ2v) is 6.19. The minimum atomic E-state index is 0.312. The SMILES string of the molecule is Cc1nc(C)c(-c2cc(C(C)c3ccccc3)[nH]n2)s1. The van der Waals surface area contributed by atoms with Gasteiger partial charge in [-0.1, -0.05) is 37.3 Å². The van der Waals surface area contributed by atoms with Crippen molar-refractivity contribution in [3.8, 4) is 10.6 Å². The first-order valence-electron chi connectivity index (χ1n) is 6.70. The van der Waals surface area contributed by atoms with Crippen LogP contribution in [0, 0.1) is 13.8 Å². The van der Waals surface area contributed by atoms with Crippen LogP contribution in [-0.4, -0.2) is 15.2 Å². The number of hydrogen-bond donors (Lipinski definition) is 1. The van der Waals surface area contributed by atoms with Crippen molar-refractivity contribution in [2.45, 2.75) is 26.7 Å². The summed E-state index contributed by atoms with van der Waals surface area (Å²) in [4.78, 5) is 5.62. The molecule has 0 aliphatic carbocycles. The van der Waals surface area contributed by atoms with Crippen LogP contribution in [0.4, 0.5) is 0 Å². The molecular weight excluding hydrogens is 266 g/mol. The van der Waals surface area contributed by atoms with E-state index >= 15 is 0 Å². The molecule has 0 amide bonds. The van der Waals surface area contributed by atoms with Gasteiger partial charge in [0.05, 0.1) is 15.6 Å². The summed E-state index contributed by atoms with van der Waals surface area (Å²) in [5.74, 6) is 0.312. The molecule has 0 aliphatic rings. The predicted octanol–water partition coefficient (Wildman–Crippen LogP) is 4.30. The molecule has 0 spiro atoms. The molecule has 102 valence electrons. The first-order chi connectivity index (χ1) is 9.65. The lowest BCUT2D eigenvalue weighted by atomic mass is 9.98. The summed E-state index contributed by atoms with van der Waals surface area (Å²) in [6, 6.07) is 12.6. The molecule has 1 unspecified atom stereocenters. The maximum Gasteiger partial charge on any atom is 0.104 e. The smallest absolute Gasteiger partial charge is 0.104 e. The molecule has 20 heavy (non-hydrogen) atoms. The number of benzene rings is 1. The molecule has 3 rings (SSSR count). The number of aromatic nitrogens is 3. The van der Waals surface area contributed by atoms with Crippen molar-refractivity contribution in [3.63, 3.8) is 0 Å². The van der Waals surface area contributed by atoms with Crippen molar-refractivity contribution in [2.75, 3.05) is 0 Å². The monoisotopic (exact) mass is 283 g/mol. The van der Waals surface area contributed by atoms with E-state index < -0.39 is 0 Å². The van der Waals surface area contributed by atoms with E-state index in [1.165, 1.54) is 5.56 Å². The molecule has 2 heterocycles. The summed E-state index contributed by atoms with van der Waals surface area (Å²) >= 11 is 1.69. The lowest BCUT2D eigenvalue weighted by Crippen LogP contribution is -1.95. The van der Waals surface area contributed by atoms with Crippen molar-refractivity contribution in [2.24, 2.45) is 0 Å². The summed E-state index contributed by atoms with van der Waals surface area (Å²) < 4.78 is 0. The lowest BCUT2D eigenvalue weighted by Gasteiger charge is -2.08. The maximum atomic E-state index is 4.46. The molecule has 0 saturated heterocycles. The Kier molecular flexibility index (Phi) is 3.40. The molecule has 3 nitrogen and oxygen atoms in total. The van der Waals surface area contributed by atoms with Gasteiger partial charge < -0.3 is 0 Å². The highest BCUT2D eigenvalue weighted by Gasteiger charge is 2.15. The largest absolute Gasteiger partial charge is 0.281 e. The van der Waals surface area contributed by atoms with Crippen LogP contribution < -0.4 is 0 Å². The Hall–Kier alpha value is -1.94. The highest BCUT2D eigenvalue weighted by molar-refractivity contribution is 7.15. The number of hydrogen-bond acceptors (Lipinski definition) is 3. The quantitative estimate of drug-likeness (QED) is 0.778. The molecular formula is C16H17N3S. The number of rotatable bonds is 3. The van der Waals surface area contributed by atoms with Gasteiger partial charge in [-0.05, 0) is 25.5 Å². The highest BCUT2D eigenvalue weighted by atomic mass is 32.1. The van der Waals surface area contributed by atoms with Crippen LogP contribution in [0.15, 0.2) is 36.4 Å². The van der Waals surface area contributed by atoms with Crippen LogP contribution in [0.25, 0.3) is 10.6 Å². The van der Waals surface area contributed by atoms with Gasteiger partial charge in [0.25, 0.3) is 0 Å². The minimum Gasteiger partial charge on any atom is -0.281 e. The maximum absolute atomic E-state index is 4.46. The molecule has 4 heteroatoms. The minimum absolute atomic E-state index is 0.312. The number of aryl methyl sites for hydroxylation is 2. The molecule has 1 atom stereocenters. The Morgan fingerprint density at radius 3 is 2.55 bits per heavy atom. The van der Waals surface area contributed by atoms with E-state index in [0.29, 0.717) is 5.92 Å². The van der Waals surface area contributed by atoms with Crippen molar-refractivity contribution < 1.29 is 0 Å². The second kappa shape index (κ2) is 5.21. The van der Waals surface area contributed by atoms with Gasteiger partial charge in [-0.2, -0.15) is 5.10 Å². The average Bonchev–Trinajstić information content (AvgIpc) is 3.05. The molecule has 0 saturated carbocycles. The topological polar surface area (TPSA) is 41.6 Å². The predicted molar refractivity (Wildman–Crippen MR) is 83.1 cm³/mol. The van der Waals surface area contributed by atoms with Gasteiger partial charge in [0, 0.05) is 11.6 Å². The van der Waals surface area contributed by atoms with Crippen molar-refractivity contribution in [3.05, 3.63) is 58.4 Å². The van der Waals surface area contributed by atoms with E-state index in [4.69, 9.17) is 0 Å². The van der Waals surface area contributed by atoms with Crippen LogP contribution in [0.1, 0.15) is 34.8 Å². The van der Waals surface area contributed by atoms with E-state index in [1.807, 2.05) is 19.9 Å². The van der Waals surface area contributed by atoms with Crippen LogP contribution in [0.2, 0.25) is 0 Å². The van der Waals surface area contributed by atoms with Gasteiger partial charge in [-0.25, -0.2) is 4.98 Å². The first-order valence-corrected chi connectivity index (χ1v) is 7.51. The van der Waals surface area contributed by atoms with Gasteiger partial charge in [-0.15, -0.1) is 11.3 Å². The molecule has 2 aromatic heterocycles. The average molecular weight is 283 g/mol. The molecule has 1 N–H and O–H groups in total. The highest BCUT2D eigenvalue weighted by Crippen LogP contribution is 2.31. The number of H-pyrrole nitrogens is 1. The summed E-state index contributed by atoms with van der Waals surface area (Å²) in [7, 11) is 0. The fourth-order valence-electron chi connectivity index (χ4n) is 2.36. The molecule has 1 aromatic carbocycles. The Labute approximate surface area is 122 Å². The van der Waals surface area contributed by atoms with Gasteiger partial charge in [0.15, 0.2) is 0 Å². The van der Waals surface area contributed by atoms with E-state index in [-0.39, 0.29) is 0 Å². The summed E-state index contributed by atoms with van der Waals surface area (Å²) in [5.41, 5.74) is 4.47. The fraction of sp³-hybridized carbons (Fsp3) is 0.250. The van der Waals surface area contributed by atoms with Crippen LogP contribution in [0.5, 0.6) is 0 Å². The molecule has 0 bridgehead atoms. The van der Waals surface area contributed by atoms with E-state index in [2.05, 4.69) is 52.4 Å². The van der Waals surface area contributed by atoms with E-state index in [9.17, 15) is 0 Å². The lowest BCUT2D eigenvalue weighted by molar-refractivity contribution is 0.854. The Morgan fingerprint density at radius 1 is 1.15 bits per heavy atom. The van der Waals surface area contributed by atoms with E-state index in [0.717, 1.165) is 27.0 Å². The van der Waals surface area contributed by atoms with Crippen LogP contribution in [-0.2, 0) is 0 Å². The molecule has 0 fully saturated rings. The second-order valence-electron chi connectivity index (χ2n) is 4.99. The summed E-state index contributed by atoms with van der Waals surface area (Å²) in [6.45, 7) is 6.26. The zero-order valence-electron chi connectivity index (χ0n) is 11.8. The fourth-order valence-corrected chi connectivity index (χ4v) is 3.25. The Balaban J connectivity index is 1.93. The Morgan fingerprint density at radius 2 is 1.90 bits per heavy atom. The normalized spacial score (nSPS) is 12.6. The number of thiazole rings is 1. The van der Waals surface area contributed by atoms with E-state index in [1.54, 1.807) is 11.3 Å². The molecule has 0 aliphatic heterocycles. The van der Waals surface area contributed by atoms with Crippen LogP contribution in [0.3, 0.4) is 0 Å². The summed E-state index contributed by atoms with van der Waals surface area (Å²) in [6.07, 6.45) is 0. The van der Waals surface area contributed by atoms with Gasteiger partial charge in [0.2, 0.25) is 0 Å². The standard InChI is InChI=1S/C16H17N3S/c1-10(13-7-5-4-6-8-13)14-9-15(19-18-14)16-11(2)17-12(3)20-16/h4-10H,1-3H3,(H,18,19). The van der Waals surface area contributed by atoms with Gasteiger partial charge in [-0.3, -0.25) is 5.10 Å². The number of nitrogens with zero attached hydrogens (tertiary/aromatic N) is 2. The van der Waals surface area contributed by atoms with Crippen LogP contribution >= 0.6 is 11.3 Å². The first kappa shape index (κ1) is 13.1. The number of nitrogens with one attached hydrogen (secondary N) is 1. The number of aromatic amines is 1. The van der Waals surface area contributed by atoms with Gasteiger partial charge >= 0.3 is 0 Å².